The minimum Gasteiger partial charge on any atom is -0.481 e. The summed E-state index contributed by atoms with van der Waals surface area (Å²) in [6.07, 6.45) is 0. The molecule has 3 nitrogen and oxygen atoms in total. The van der Waals surface area contributed by atoms with E-state index in [9.17, 15) is 4.79 Å². The standard InChI is InChI=1S/C23H22O3/c1-16-13-14-17(2)23(18(16)3)26-22(24)15-25-21-12-8-7-11-20(21)19-9-5-4-6-10-19/h4-14H,15H2,1-3H3. The van der Waals surface area contributed by atoms with E-state index < -0.39 is 5.97 Å². The maximum atomic E-state index is 12.3. The molecule has 0 amide bonds. The Morgan fingerprint density at radius 2 is 1.46 bits per heavy atom. The molecular weight excluding hydrogens is 324 g/mol. The van der Waals surface area contributed by atoms with Crippen LogP contribution in [0.25, 0.3) is 11.1 Å². The van der Waals surface area contributed by atoms with Gasteiger partial charge in [-0.15, -0.1) is 0 Å². The highest BCUT2D eigenvalue weighted by atomic mass is 16.6. The van der Waals surface area contributed by atoms with E-state index in [-0.39, 0.29) is 6.61 Å². The Labute approximate surface area is 154 Å². The van der Waals surface area contributed by atoms with E-state index in [4.69, 9.17) is 9.47 Å². The summed E-state index contributed by atoms with van der Waals surface area (Å²) in [4.78, 5) is 12.3. The number of hydrogen-bond acceptors (Lipinski definition) is 3. The summed E-state index contributed by atoms with van der Waals surface area (Å²) in [6, 6.07) is 21.6. The molecule has 26 heavy (non-hydrogen) atoms. The molecule has 3 rings (SSSR count). The van der Waals surface area contributed by atoms with Crippen molar-refractivity contribution in [3.05, 3.63) is 83.4 Å². The summed E-state index contributed by atoms with van der Waals surface area (Å²) in [5.41, 5.74) is 4.99. The maximum absolute atomic E-state index is 12.3. The number of carbonyl (C=O) groups is 1. The summed E-state index contributed by atoms with van der Waals surface area (Å²) in [7, 11) is 0. The molecule has 0 heterocycles. The van der Waals surface area contributed by atoms with Gasteiger partial charge in [0.05, 0.1) is 0 Å². The van der Waals surface area contributed by atoms with Gasteiger partial charge in [-0.25, -0.2) is 4.79 Å². The quantitative estimate of drug-likeness (QED) is 0.467. The lowest BCUT2D eigenvalue weighted by Crippen LogP contribution is -2.19. The van der Waals surface area contributed by atoms with Gasteiger partial charge < -0.3 is 9.47 Å². The molecule has 0 saturated heterocycles. The predicted octanol–water partition coefficient (Wildman–Crippen LogP) is 5.26. The van der Waals surface area contributed by atoms with Crippen molar-refractivity contribution in [1.82, 2.24) is 0 Å². The number of aryl methyl sites for hydroxylation is 2. The van der Waals surface area contributed by atoms with E-state index in [2.05, 4.69) is 0 Å². The van der Waals surface area contributed by atoms with E-state index in [1.165, 1.54) is 0 Å². The molecule has 3 aromatic rings. The van der Waals surface area contributed by atoms with Crippen LogP contribution in [-0.4, -0.2) is 12.6 Å². The van der Waals surface area contributed by atoms with Crippen LogP contribution in [0.1, 0.15) is 16.7 Å². The van der Waals surface area contributed by atoms with Gasteiger partial charge in [-0.05, 0) is 49.1 Å². The van der Waals surface area contributed by atoms with Gasteiger partial charge in [-0.2, -0.15) is 0 Å². The zero-order chi connectivity index (χ0) is 18.5. The van der Waals surface area contributed by atoms with Crippen molar-refractivity contribution in [3.8, 4) is 22.6 Å². The van der Waals surface area contributed by atoms with Gasteiger partial charge >= 0.3 is 5.97 Å². The minimum absolute atomic E-state index is 0.142. The monoisotopic (exact) mass is 346 g/mol. The van der Waals surface area contributed by atoms with E-state index in [0.29, 0.717) is 11.5 Å². The summed E-state index contributed by atoms with van der Waals surface area (Å²) in [6.45, 7) is 5.74. The van der Waals surface area contributed by atoms with Crippen LogP contribution in [0.5, 0.6) is 11.5 Å². The van der Waals surface area contributed by atoms with Gasteiger partial charge in [-0.1, -0.05) is 60.7 Å². The van der Waals surface area contributed by atoms with Crippen LogP contribution in [-0.2, 0) is 4.79 Å². The average molecular weight is 346 g/mol. The number of para-hydroxylation sites is 1. The highest BCUT2D eigenvalue weighted by Crippen LogP contribution is 2.30. The summed E-state index contributed by atoms with van der Waals surface area (Å²) in [5.74, 6) is 0.868. The second-order valence-electron chi connectivity index (χ2n) is 6.28. The van der Waals surface area contributed by atoms with Gasteiger partial charge in [0.25, 0.3) is 0 Å². The first-order valence-corrected chi connectivity index (χ1v) is 8.61. The van der Waals surface area contributed by atoms with Crippen LogP contribution >= 0.6 is 0 Å². The van der Waals surface area contributed by atoms with Gasteiger partial charge in [0.1, 0.15) is 11.5 Å². The normalized spacial score (nSPS) is 10.4. The van der Waals surface area contributed by atoms with Gasteiger partial charge in [-0.3, -0.25) is 0 Å². The second kappa shape index (κ2) is 7.87. The summed E-state index contributed by atoms with van der Waals surface area (Å²) < 4.78 is 11.3. The van der Waals surface area contributed by atoms with Gasteiger partial charge in [0.15, 0.2) is 6.61 Å². The molecule has 3 heteroatoms. The molecule has 3 aromatic carbocycles. The number of esters is 1. The van der Waals surface area contributed by atoms with Crippen molar-refractivity contribution in [3.63, 3.8) is 0 Å². The van der Waals surface area contributed by atoms with Crippen molar-refractivity contribution in [2.24, 2.45) is 0 Å². The maximum Gasteiger partial charge on any atom is 0.349 e. The number of ether oxygens (including phenoxy) is 2. The zero-order valence-electron chi connectivity index (χ0n) is 15.3. The molecule has 0 N–H and O–H groups in total. The van der Waals surface area contributed by atoms with Gasteiger partial charge in [0.2, 0.25) is 0 Å². The lowest BCUT2D eigenvalue weighted by molar-refractivity contribution is -0.136. The third kappa shape index (κ3) is 3.94. The largest absolute Gasteiger partial charge is 0.481 e. The summed E-state index contributed by atoms with van der Waals surface area (Å²) in [5, 5.41) is 0. The van der Waals surface area contributed by atoms with Crippen molar-refractivity contribution >= 4 is 5.97 Å². The first-order valence-electron chi connectivity index (χ1n) is 8.61. The molecule has 0 radical (unpaired) electrons. The Balaban J connectivity index is 1.73. The zero-order valence-corrected chi connectivity index (χ0v) is 15.3. The van der Waals surface area contributed by atoms with Crippen LogP contribution in [0, 0.1) is 20.8 Å². The smallest absolute Gasteiger partial charge is 0.349 e. The number of hydrogen-bond donors (Lipinski definition) is 0. The molecular formula is C23H22O3. The molecule has 0 atom stereocenters. The van der Waals surface area contributed by atoms with E-state index in [0.717, 1.165) is 27.8 Å². The Morgan fingerprint density at radius 1 is 0.808 bits per heavy atom. The van der Waals surface area contributed by atoms with Crippen LogP contribution < -0.4 is 9.47 Å². The van der Waals surface area contributed by atoms with Crippen LogP contribution in [0.4, 0.5) is 0 Å². The van der Waals surface area contributed by atoms with E-state index in [1.54, 1.807) is 0 Å². The minimum atomic E-state index is -0.412. The van der Waals surface area contributed by atoms with E-state index in [1.807, 2.05) is 87.5 Å². The van der Waals surface area contributed by atoms with Crippen molar-refractivity contribution < 1.29 is 14.3 Å². The molecule has 0 aliphatic rings. The highest BCUT2D eigenvalue weighted by molar-refractivity contribution is 5.76. The highest BCUT2D eigenvalue weighted by Gasteiger charge is 2.13. The predicted molar refractivity (Wildman–Crippen MR) is 104 cm³/mol. The Kier molecular flexibility index (Phi) is 5.37. The number of rotatable bonds is 5. The SMILES string of the molecule is Cc1ccc(C)c(OC(=O)COc2ccccc2-c2ccccc2)c1C. The number of benzene rings is 3. The Hall–Kier alpha value is -3.07. The lowest BCUT2D eigenvalue weighted by atomic mass is 10.1. The number of carbonyl (C=O) groups excluding carboxylic acids is 1. The van der Waals surface area contributed by atoms with Gasteiger partial charge in [0, 0.05) is 5.56 Å². The second-order valence-corrected chi connectivity index (χ2v) is 6.28. The first-order chi connectivity index (χ1) is 12.6. The fourth-order valence-corrected chi connectivity index (χ4v) is 2.81. The molecule has 0 aliphatic carbocycles. The third-order valence-corrected chi connectivity index (χ3v) is 4.41. The van der Waals surface area contributed by atoms with Crippen molar-refractivity contribution in [2.75, 3.05) is 6.61 Å². The van der Waals surface area contributed by atoms with Crippen molar-refractivity contribution in [2.45, 2.75) is 20.8 Å². The lowest BCUT2D eigenvalue weighted by Gasteiger charge is -2.14. The van der Waals surface area contributed by atoms with Crippen LogP contribution in [0.15, 0.2) is 66.7 Å². The average Bonchev–Trinajstić information content (AvgIpc) is 2.67. The molecule has 0 bridgehead atoms. The van der Waals surface area contributed by atoms with E-state index >= 15 is 0 Å². The molecule has 0 aromatic heterocycles. The third-order valence-electron chi connectivity index (χ3n) is 4.41. The fourth-order valence-electron chi connectivity index (χ4n) is 2.81. The molecule has 0 spiro atoms. The first kappa shape index (κ1) is 17.7. The van der Waals surface area contributed by atoms with Crippen LogP contribution in [0.3, 0.4) is 0 Å². The Bertz CT molecular complexity index is 914. The molecule has 132 valence electrons. The van der Waals surface area contributed by atoms with Crippen molar-refractivity contribution in [1.29, 1.82) is 0 Å². The summed E-state index contributed by atoms with van der Waals surface area (Å²) >= 11 is 0. The molecule has 0 unspecified atom stereocenters. The molecule has 0 saturated carbocycles. The van der Waals surface area contributed by atoms with Crippen LogP contribution in [0.2, 0.25) is 0 Å². The Morgan fingerprint density at radius 3 is 2.23 bits per heavy atom. The molecule has 0 aliphatic heterocycles. The molecule has 0 fully saturated rings. The fraction of sp³-hybridized carbons (Fsp3) is 0.174. The topological polar surface area (TPSA) is 35.5 Å².